The number of nitrogens with one attached hydrogen (secondary N) is 2. The molecule has 0 aliphatic carbocycles. The van der Waals surface area contributed by atoms with Crippen LogP contribution in [0.1, 0.15) is 34.1 Å². The number of hydrazine groups is 1. The van der Waals surface area contributed by atoms with E-state index in [0.717, 1.165) is 18.6 Å². The summed E-state index contributed by atoms with van der Waals surface area (Å²) >= 11 is 0. The van der Waals surface area contributed by atoms with Gasteiger partial charge in [-0.05, 0) is 36.8 Å². The fraction of sp³-hybridized carbons (Fsp3) is 0.222. The van der Waals surface area contributed by atoms with E-state index in [4.69, 9.17) is 9.47 Å². The number of halogens is 2. The quantitative estimate of drug-likeness (QED) is 0.773. The SMILES string of the molecule is CCCOc1ccc(C(=O)NNC(=O)c2ccc(F)cc2F)cc1OC. The van der Waals surface area contributed by atoms with Gasteiger partial charge in [0.15, 0.2) is 11.5 Å². The summed E-state index contributed by atoms with van der Waals surface area (Å²) in [5, 5.41) is 0. The Balaban J connectivity index is 2.04. The maximum atomic E-state index is 13.5. The van der Waals surface area contributed by atoms with Gasteiger partial charge >= 0.3 is 0 Å². The molecular formula is C18H18F2N2O4. The highest BCUT2D eigenvalue weighted by Gasteiger charge is 2.15. The Hall–Kier alpha value is -3.16. The van der Waals surface area contributed by atoms with Crippen molar-refractivity contribution in [1.29, 1.82) is 0 Å². The number of carbonyl (C=O) groups is 2. The minimum absolute atomic E-state index is 0.200. The van der Waals surface area contributed by atoms with Crippen LogP contribution in [0.15, 0.2) is 36.4 Å². The summed E-state index contributed by atoms with van der Waals surface area (Å²) in [6.07, 6.45) is 0.817. The van der Waals surface area contributed by atoms with Gasteiger partial charge in [-0.25, -0.2) is 8.78 Å². The smallest absolute Gasteiger partial charge is 0.272 e. The lowest BCUT2D eigenvalue weighted by Crippen LogP contribution is -2.42. The highest BCUT2D eigenvalue weighted by atomic mass is 19.1. The molecule has 2 amide bonds. The zero-order valence-electron chi connectivity index (χ0n) is 14.3. The van der Waals surface area contributed by atoms with E-state index in [1.54, 1.807) is 6.07 Å². The predicted octanol–water partition coefficient (Wildman–Crippen LogP) is 2.84. The standard InChI is InChI=1S/C18H18F2N2O4/c1-3-8-26-15-7-4-11(9-16(15)25-2)17(23)21-22-18(24)13-6-5-12(19)10-14(13)20/h4-7,9-10H,3,8H2,1-2H3,(H,21,23)(H,22,24). The zero-order chi connectivity index (χ0) is 19.1. The van der Waals surface area contributed by atoms with E-state index in [1.807, 2.05) is 6.92 Å². The Bertz CT molecular complexity index is 812. The molecule has 2 rings (SSSR count). The van der Waals surface area contributed by atoms with Crippen LogP contribution in [-0.2, 0) is 0 Å². The van der Waals surface area contributed by atoms with Crippen LogP contribution in [0.3, 0.4) is 0 Å². The molecule has 0 aromatic heterocycles. The largest absolute Gasteiger partial charge is 0.493 e. The van der Waals surface area contributed by atoms with E-state index >= 15 is 0 Å². The van der Waals surface area contributed by atoms with E-state index in [-0.39, 0.29) is 5.56 Å². The van der Waals surface area contributed by atoms with Crippen LogP contribution in [0, 0.1) is 11.6 Å². The van der Waals surface area contributed by atoms with Gasteiger partial charge in [-0.1, -0.05) is 6.92 Å². The lowest BCUT2D eigenvalue weighted by molar-refractivity contribution is 0.0844. The highest BCUT2D eigenvalue weighted by molar-refractivity contribution is 5.99. The van der Waals surface area contributed by atoms with E-state index in [9.17, 15) is 18.4 Å². The van der Waals surface area contributed by atoms with Crippen molar-refractivity contribution in [2.24, 2.45) is 0 Å². The Labute approximate surface area is 149 Å². The first-order valence-corrected chi connectivity index (χ1v) is 7.82. The molecule has 2 aromatic rings. The van der Waals surface area contributed by atoms with Crippen molar-refractivity contribution in [3.05, 3.63) is 59.2 Å². The first-order valence-electron chi connectivity index (χ1n) is 7.82. The van der Waals surface area contributed by atoms with Gasteiger partial charge in [-0.2, -0.15) is 0 Å². The first-order chi connectivity index (χ1) is 12.5. The Morgan fingerprint density at radius 3 is 2.38 bits per heavy atom. The molecule has 2 N–H and O–H groups in total. The van der Waals surface area contributed by atoms with Crippen molar-refractivity contribution >= 4 is 11.8 Å². The summed E-state index contributed by atoms with van der Waals surface area (Å²) < 4.78 is 37.1. The summed E-state index contributed by atoms with van der Waals surface area (Å²) in [6.45, 7) is 2.46. The van der Waals surface area contributed by atoms with Gasteiger partial charge in [0.2, 0.25) is 0 Å². The average Bonchev–Trinajstić information content (AvgIpc) is 2.63. The van der Waals surface area contributed by atoms with Crippen molar-refractivity contribution in [3.8, 4) is 11.5 Å². The molecular weight excluding hydrogens is 346 g/mol. The molecule has 8 heteroatoms. The summed E-state index contributed by atoms with van der Waals surface area (Å²) in [7, 11) is 1.44. The molecule has 0 saturated heterocycles. The predicted molar refractivity (Wildman–Crippen MR) is 90.1 cm³/mol. The molecule has 0 spiro atoms. The van der Waals surface area contributed by atoms with Crippen molar-refractivity contribution in [2.45, 2.75) is 13.3 Å². The van der Waals surface area contributed by atoms with Crippen LogP contribution in [0.5, 0.6) is 11.5 Å². The average molecular weight is 364 g/mol. The van der Waals surface area contributed by atoms with Gasteiger partial charge in [0.05, 0.1) is 19.3 Å². The maximum absolute atomic E-state index is 13.5. The van der Waals surface area contributed by atoms with Crippen molar-refractivity contribution < 1.29 is 27.8 Å². The molecule has 0 fully saturated rings. The highest BCUT2D eigenvalue weighted by Crippen LogP contribution is 2.28. The third-order valence-electron chi connectivity index (χ3n) is 3.35. The summed E-state index contributed by atoms with van der Waals surface area (Å²) in [5.41, 5.74) is 4.03. The second kappa shape index (κ2) is 8.80. The molecule has 0 aliphatic heterocycles. The molecule has 0 saturated carbocycles. The van der Waals surface area contributed by atoms with E-state index in [0.29, 0.717) is 24.2 Å². The normalized spacial score (nSPS) is 10.2. The minimum atomic E-state index is -1.03. The third-order valence-corrected chi connectivity index (χ3v) is 3.35. The molecule has 26 heavy (non-hydrogen) atoms. The van der Waals surface area contributed by atoms with Gasteiger partial charge in [-0.3, -0.25) is 20.4 Å². The minimum Gasteiger partial charge on any atom is -0.493 e. The summed E-state index contributed by atoms with van der Waals surface area (Å²) in [6, 6.07) is 7.02. The van der Waals surface area contributed by atoms with E-state index in [2.05, 4.69) is 10.9 Å². The van der Waals surface area contributed by atoms with Crippen LogP contribution >= 0.6 is 0 Å². The Morgan fingerprint density at radius 2 is 1.73 bits per heavy atom. The molecule has 0 radical (unpaired) electrons. The van der Waals surface area contributed by atoms with Crippen LogP contribution in [0.4, 0.5) is 8.78 Å². The summed E-state index contributed by atoms with van der Waals surface area (Å²) in [5.74, 6) is -2.53. The Morgan fingerprint density at radius 1 is 1.00 bits per heavy atom. The van der Waals surface area contributed by atoms with Crippen molar-refractivity contribution in [3.63, 3.8) is 0 Å². The van der Waals surface area contributed by atoms with Gasteiger partial charge in [0.25, 0.3) is 11.8 Å². The topological polar surface area (TPSA) is 76.7 Å². The number of benzene rings is 2. The number of carbonyl (C=O) groups excluding carboxylic acids is 2. The molecule has 0 unspecified atom stereocenters. The van der Waals surface area contributed by atoms with Crippen LogP contribution < -0.4 is 20.3 Å². The number of hydrogen-bond acceptors (Lipinski definition) is 4. The monoisotopic (exact) mass is 364 g/mol. The van der Waals surface area contributed by atoms with Crippen LogP contribution in [0.25, 0.3) is 0 Å². The van der Waals surface area contributed by atoms with Crippen LogP contribution in [-0.4, -0.2) is 25.5 Å². The number of amides is 2. The maximum Gasteiger partial charge on any atom is 0.272 e. The third kappa shape index (κ3) is 4.69. The molecule has 0 bridgehead atoms. The fourth-order valence-corrected chi connectivity index (χ4v) is 2.07. The number of ether oxygens (including phenoxy) is 2. The Kier molecular flexibility index (Phi) is 6.48. The van der Waals surface area contributed by atoms with Gasteiger partial charge < -0.3 is 9.47 Å². The molecule has 138 valence electrons. The first kappa shape index (κ1) is 19.2. The van der Waals surface area contributed by atoms with Gasteiger partial charge in [-0.15, -0.1) is 0 Å². The number of hydrogen-bond donors (Lipinski definition) is 2. The molecule has 0 heterocycles. The summed E-state index contributed by atoms with van der Waals surface area (Å²) in [4.78, 5) is 24.0. The molecule has 6 nitrogen and oxygen atoms in total. The zero-order valence-corrected chi connectivity index (χ0v) is 14.3. The van der Waals surface area contributed by atoms with E-state index in [1.165, 1.54) is 19.2 Å². The van der Waals surface area contributed by atoms with E-state index < -0.39 is 29.0 Å². The molecule has 0 aliphatic rings. The van der Waals surface area contributed by atoms with Gasteiger partial charge in [0, 0.05) is 11.6 Å². The van der Waals surface area contributed by atoms with Crippen molar-refractivity contribution in [1.82, 2.24) is 10.9 Å². The van der Waals surface area contributed by atoms with Crippen LogP contribution in [0.2, 0.25) is 0 Å². The lowest BCUT2D eigenvalue weighted by Gasteiger charge is -2.12. The fourth-order valence-electron chi connectivity index (χ4n) is 2.07. The lowest BCUT2D eigenvalue weighted by atomic mass is 10.2. The number of methoxy groups -OCH3 is 1. The molecule has 0 atom stereocenters. The second-order valence-electron chi connectivity index (χ2n) is 5.25. The van der Waals surface area contributed by atoms with Gasteiger partial charge in [0.1, 0.15) is 11.6 Å². The molecule has 2 aromatic carbocycles. The van der Waals surface area contributed by atoms with Crippen molar-refractivity contribution in [2.75, 3.05) is 13.7 Å². The second-order valence-corrected chi connectivity index (χ2v) is 5.25. The number of rotatable bonds is 6.